The van der Waals surface area contributed by atoms with E-state index in [0.29, 0.717) is 0 Å². The lowest BCUT2D eigenvalue weighted by atomic mass is 10.4. The second kappa shape index (κ2) is 4.70. The lowest BCUT2D eigenvalue weighted by Gasteiger charge is -2.13. The molecule has 11 heavy (non-hydrogen) atoms. The van der Waals surface area contributed by atoms with Gasteiger partial charge in [-0.25, -0.2) is 0 Å². The Morgan fingerprint density at radius 2 is 2.00 bits per heavy atom. The van der Waals surface area contributed by atoms with Gasteiger partial charge in [0.15, 0.2) is 6.29 Å². The van der Waals surface area contributed by atoms with Crippen LogP contribution in [0.15, 0.2) is 0 Å². The van der Waals surface area contributed by atoms with Gasteiger partial charge < -0.3 is 14.8 Å². The van der Waals surface area contributed by atoms with Crippen molar-refractivity contribution in [3.05, 3.63) is 0 Å². The van der Waals surface area contributed by atoms with Crippen LogP contribution in [0, 0.1) is 5.92 Å². The Morgan fingerprint density at radius 3 is 2.45 bits per heavy atom. The van der Waals surface area contributed by atoms with Crippen molar-refractivity contribution in [2.45, 2.75) is 19.1 Å². The molecule has 1 aliphatic rings. The molecule has 0 aliphatic heterocycles. The molecular weight excluding hydrogens is 142 g/mol. The molecule has 0 radical (unpaired) electrons. The summed E-state index contributed by atoms with van der Waals surface area (Å²) in [5.41, 5.74) is 0. The summed E-state index contributed by atoms with van der Waals surface area (Å²) in [6, 6.07) is 0. The van der Waals surface area contributed by atoms with E-state index < -0.39 is 0 Å². The third-order valence-corrected chi connectivity index (χ3v) is 1.97. The summed E-state index contributed by atoms with van der Waals surface area (Å²) in [6.07, 6.45) is 2.68. The zero-order valence-corrected chi connectivity index (χ0v) is 7.30. The number of hydrogen-bond donors (Lipinski definition) is 1. The molecule has 0 aromatic heterocycles. The van der Waals surface area contributed by atoms with Crippen molar-refractivity contribution in [3.8, 4) is 0 Å². The average Bonchev–Trinajstić information content (AvgIpc) is 2.82. The van der Waals surface area contributed by atoms with Crippen LogP contribution < -0.4 is 5.32 Å². The van der Waals surface area contributed by atoms with Gasteiger partial charge in [0.25, 0.3) is 0 Å². The first-order chi connectivity index (χ1) is 5.36. The first kappa shape index (κ1) is 8.97. The monoisotopic (exact) mass is 159 g/mol. The molecule has 0 atom stereocenters. The van der Waals surface area contributed by atoms with Crippen molar-refractivity contribution in [1.29, 1.82) is 0 Å². The molecule has 0 saturated heterocycles. The van der Waals surface area contributed by atoms with Crippen LogP contribution in [0.25, 0.3) is 0 Å². The maximum Gasteiger partial charge on any atom is 0.169 e. The summed E-state index contributed by atoms with van der Waals surface area (Å²) in [4.78, 5) is 0. The largest absolute Gasteiger partial charge is 0.355 e. The van der Waals surface area contributed by atoms with Crippen molar-refractivity contribution in [2.75, 3.05) is 27.3 Å². The van der Waals surface area contributed by atoms with E-state index in [9.17, 15) is 0 Å². The smallest absolute Gasteiger partial charge is 0.169 e. The van der Waals surface area contributed by atoms with Crippen LogP contribution in [0.3, 0.4) is 0 Å². The molecule has 3 nitrogen and oxygen atoms in total. The molecular formula is C8H17NO2. The number of nitrogens with one attached hydrogen (secondary N) is 1. The lowest BCUT2D eigenvalue weighted by molar-refractivity contribution is -0.0987. The molecule has 1 aliphatic carbocycles. The molecule has 3 heteroatoms. The minimum Gasteiger partial charge on any atom is -0.355 e. The molecule has 0 aromatic carbocycles. The van der Waals surface area contributed by atoms with E-state index >= 15 is 0 Å². The maximum atomic E-state index is 5.02. The topological polar surface area (TPSA) is 30.5 Å². The predicted molar refractivity (Wildman–Crippen MR) is 43.4 cm³/mol. The second-order valence-corrected chi connectivity index (χ2v) is 3.00. The highest BCUT2D eigenvalue weighted by Crippen LogP contribution is 2.27. The first-order valence-electron chi connectivity index (χ1n) is 4.13. The van der Waals surface area contributed by atoms with Crippen molar-refractivity contribution in [1.82, 2.24) is 5.32 Å². The van der Waals surface area contributed by atoms with E-state index in [1.165, 1.54) is 12.8 Å². The van der Waals surface area contributed by atoms with Crippen LogP contribution in [0.4, 0.5) is 0 Å². The van der Waals surface area contributed by atoms with E-state index in [0.717, 1.165) is 19.0 Å². The summed E-state index contributed by atoms with van der Waals surface area (Å²) in [7, 11) is 3.32. The van der Waals surface area contributed by atoms with Crippen LogP contribution in [0.1, 0.15) is 12.8 Å². The molecule has 66 valence electrons. The maximum absolute atomic E-state index is 5.02. The van der Waals surface area contributed by atoms with Gasteiger partial charge in [0.05, 0.1) is 0 Å². The summed E-state index contributed by atoms with van der Waals surface area (Å²) >= 11 is 0. The summed E-state index contributed by atoms with van der Waals surface area (Å²) in [6.45, 7) is 1.91. The van der Waals surface area contributed by atoms with E-state index in [-0.39, 0.29) is 6.29 Å². The Bertz CT molecular complexity index is 100. The normalized spacial score (nSPS) is 17.7. The highest BCUT2D eigenvalue weighted by Gasteiger charge is 2.20. The highest BCUT2D eigenvalue weighted by atomic mass is 16.7. The van der Waals surface area contributed by atoms with Crippen LogP contribution in [0.5, 0.6) is 0 Å². The molecule has 0 spiro atoms. The van der Waals surface area contributed by atoms with Gasteiger partial charge in [-0.3, -0.25) is 0 Å². The SMILES string of the molecule is COC(CNCC1CC1)OC. The molecule has 1 fully saturated rings. The predicted octanol–water partition coefficient (Wildman–Crippen LogP) is 0.605. The zero-order chi connectivity index (χ0) is 8.10. The number of hydrogen-bond acceptors (Lipinski definition) is 3. The Labute approximate surface area is 68.1 Å². The van der Waals surface area contributed by atoms with Gasteiger partial charge in [-0.2, -0.15) is 0 Å². The summed E-state index contributed by atoms with van der Waals surface area (Å²) in [5.74, 6) is 0.921. The number of ether oxygens (including phenoxy) is 2. The van der Waals surface area contributed by atoms with Crippen molar-refractivity contribution in [2.24, 2.45) is 5.92 Å². The highest BCUT2D eigenvalue weighted by molar-refractivity contribution is 4.75. The van der Waals surface area contributed by atoms with Crippen molar-refractivity contribution in [3.63, 3.8) is 0 Å². The Balaban J connectivity index is 1.90. The Morgan fingerprint density at radius 1 is 1.36 bits per heavy atom. The van der Waals surface area contributed by atoms with Gasteiger partial charge in [0.2, 0.25) is 0 Å². The second-order valence-electron chi connectivity index (χ2n) is 3.00. The molecule has 1 saturated carbocycles. The number of rotatable bonds is 6. The molecule has 0 aromatic rings. The van der Waals surface area contributed by atoms with Gasteiger partial charge in [-0.1, -0.05) is 0 Å². The van der Waals surface area contributed by atoms with E-state index in [4.69, 9.17) is 9.47 Å². The third-order valence-electron chi connectivity index (χ3n) is 1.97. The van der Waals surface area contributed by atoms with E-state index in [2.05, 4.69) is 5.32 Å². The zero-order valence-electron chi connectivity index (χ0n) is 7.30. The fourth-order valence-corrected chi connectivity index (χ4v) is 0.990. The first-order valence-corrected chi connectivity index (χ1v) is 4.13. The molecule has 0 amide bonds. The van der Waals surface area contributed by atoms with Gasteiger partial charge in [-0.15, -0.1) is 0 Å². The fourth-order valence-electron chi connectivity index (χ4n) is 0.990. The lowest BCUT2D eigenvalue weighted by Crippen LogP contribution is -2.30. The standard InChI is InChI=1S/C8H17NO2/c1-10-8(11-2)6-9-5-7-3-4-7/h7-9H,3-6H2,1-2H3. The van der Waals surface area contributed by atoms with E-state index in [1.54, 1.807) is 14.2 Å². The third kappa shape index (κ3) is 3.70. The van der Waals surface area contributed by atoms with Crippen LogP contribution in [-0.4, -0.2) is 33.6 Å². The van der Waals surface area contributed by atoms with Crippen LogP contribution >= 0.6 is 0 Å². The van der Waals surface area contributed by atoms with E-state index in [1.807, 2.05) is 0 Å². The molecule has 1 N–H and O–H groups in total. The van der Waals surface area contributed by atoms with Crippen LogP contribution in [-0.2, 0) is 9.47 Å². The van der Waals surface area contributed by atoms with Gasteiger partial charge in [0, 0.05) is 20.8 Å². The Kier molecular flexibility index (Phi) is 3.83. The average molecular weight is 159 g/mol. The van der Waals surface area contributed by atoms with Gasteiger partial charge in [-0.05, 0) is 25.3 Å². The molecule has 1 rings (SSSR count). The van der Waals surface area contributed by atoms with Gasteiger partial charge in [0.1, 0.15) is 0 Å². The minimum absolute atomic E-state index is 0.0891. The van der Waals surface area contributed by atoms with Gasteiger partial charge >= 0.3 is 0 Å². The fraction of sp³-hybridized carbons (Fsp3) is 1.00. The quantitative estimate of drug-likeness (QED) is 0.576. The molecule has 0 heterocycles. The summed E-state index contributed by atoms with van der Waals surface area (Å²) < 4.78 is 10.0. The van der Waals surface area contributed by atoms with Crippen molar-refractivity contribution < 1.29 is 9.47 Å². The molecule has 0 bridgehead atoms. The number of methoxy groups -OCH3 is 2. The summed E-state index contributed by atoms with van der Waals surface area (Å²) in [5, 5.41) is 3.30. The minimum atomic E-state index is -0.0891. The Hall–Kier alpha value is -0.120. The molecule has 0 unspecified atom stereocenters. The van der Waals surface area contributed by atoms with Crippen LogP contribution in [0.2, 0.25) is 0 Å². The van der Waals surface area contributed by atoms with Crippen molar-refractivity contribution >= 4 is 0 Å².